The zero-order valence-electron chi connectivity index (χ0n) is 9.89. The molecule has 1 heterocycles. The lowest BCUT2D eigenvalue weighted by Gasteiger charge is -2.27. The molecule has 1 unspecified atom stereocenters. The number of aliphatic hydroxyl groups excluding tert-OH is 1. The van der Waals surface area contributed by atoms with Crippen molar-refractivity contribution in [3.63, 3.8) is 0 Å². The molecule has 0 spiro atoms. The zero-order chi connectivity index (χ0) is 11.4. The fraction of sp³-hybridized carbons (Fsp3) is 0.750. The minimum atomic E-state index is -0.364. The van der Waals surface area contributed by atoms with Crippen LogP contribution in [0, 0.1) is 0 Å². The highest BCUT2D eigenvalue weighted by Crippen LogP contribution is 2.28. The van der Waals surface area contributed by atoms with E-state index in [1.807, 2.05) is 12.3 Å². The molecule has 0 aromatic carbocycles. The van der Waals surface area contributed by atoms with Crippen LogP contribution in [0.2, 0.25) is 0 Å². The maximum Gasteiger partial charge on any atom is 0.0860 e. The lowest BCUT2D eigenvalue weighted by Crippen LogP contribution is -2.44. The Labute approximate surface area is 96.7 Å². The molecule has 1 atom stereocenters. The molecule has 0 amide bonds. The molecule has 1 aromatic rings. The highest BCUT2D eigenvalue weighted by atomic mass is 16.3. The first-order chi connectivity index (χ1) is 7.68. The smallest absolute Gasteiger partial charge is 0.0860 e. The lowest BCUT2D eigenvalue weighted by atomic mass is 10.0. The average Bonchev–Trinajstić information content (AvgIpc) is 2.88. The van der Waals surface area contributed by atoms with Crippen molar-refractivity contribution in [3.05, 3.63) is 18.5 Å². The van der Waals surface area contributed by atoms with Crippen molar-refractivity contribution in [1.82, 2.24) is 15.1 Å². The predicted molar refractivity (Wildman–Crippen MR) is 63.1 cm³/mol. The number of nitrogens with zero attached hydrogens (tertiary/aromatic N) is 2. The summed E-state index contributed by atoms with van der Waals surface area (Å²) >= 11 is 0. The van der Waals surface area contributed by atoms with Gasteiger partial charge in [0.2, 0.25) is 0 Å². The Morgan fingerprint density at radius 2 is 2.25 bits per heavy atom. The Balaban J connectivity index is 1.73. The van der Waals surface area contributed by atoms with Crippen LogP contribution in [0.4, 0.5) is 0 Å². The molecule has 4 heteroatoms. The summed E-state index contributed by atoms with van der Waals surface area (Å²) in [5, 5.41) is 17.4. The van der Waals surface area contributed by atoms with Gasteiger partial charge in [-0.2, -0.15) is 5.10 Å². The van der Waals surface area contributed by atoms with Gasteiger partial charge in [0.25, 0.3) is 0 Å². The van der Waals surface area contributed by atoms with E-state index < -0.39 is 0 Å². The van der Waals surface area contributed by atoms with Crippen molar-refractivity contribution in [1.29, 1.82) is 0 Å². The van der Waals surface area contributed by atoms with Gasteiger partial charge >= 0.3 is 0 Å². The summed E-state index contributed by atoms with van der Waals surface area (Å²) in [6.45, 7) is 3.47. The van der Waals surface area contributed by atoms with E-state index in [1.54, 1.807) is 10.9 Å². The van der Waals surface area contributed by atoms with Gasteiger partial charge in [0.1, 0.15) is 0 Å². The first-order valence-corrected chi connectivity index (χ1v) is 6.08. The van der Waals surface area contributed by atoms with Gasteiger partial charge in [0.05, 0.1) is 12.6 Å². The van der Waals surface area contributed by atoms with Crippen LogP contribution in [0.15, 0.2) is 18.5 Å². The third-order valence-electron chi connectivity index (χ3n) is 3.43. The van der Waals surface area contributed by atoms with Crippen molar-refractivity contribution in [3.8, 4) is 0 Å². The molecule has 1 fully saturated rings. The summed E-state index contributed by atoms with van der Waals surface area (Å²) in [7, 11) is 0. The first-order valence-electron chi connectivity index (χ1n) is 6.08. The minimum absolute atomic E-state index is 0.241. The SMILES string of the molecule is CC1(NCC(O)Cn2cccn2)CCCC1. The standard InChI is InChI=1S/C12H21N3O/c1-12(5-2-3-6-12)13-9-11(16)10-15-8-4-7-14-15/h4,7-8,11,13,16H,2-3,5-6,9-10H2,1H3. The van der Waals surface area contributed by atoms with Gasteiger partial charge in [-0.1, -0.05) is 12.8 Å². The lowest BCUT2D eigenvalue weighted by molar-refractivity contribution is 0.134. The molecule has 0 bridgehead atoms. The predicted octanol–water partition coefficient (Wildman–Crippen LogP) is 1.17. The van der Waals surface area contributed by atoms with Crippen LogP contribution in [0.3, 0.4) is 0 Å². The molecule has 1 aliphatic rings. The zero-order valence-corrected chi connectivity index (χ0v) is 9.89. The van der Waals surface area contributed by atoms with Crippen LogP contribution in [0.25, 0.3) is 0 Å². The minimum Gasteiger partial charge on any atom is -0.390 e. The number of hydrogen-bond acceptors (Lipinski definition) is 3. The number of nitrogens with one attached hydrogen (secondary N) is 1. The molecule has 1 saturated carbocycles. The van der Waals surface area contributed by atoms with E-state index in [0.29, 0.717) is 13.1 Å². The molecular weight excluding hydrogens is 202 g/mol. The summed E-state index contributed by atoms with van der Waals surface area (Å²) in [6, 6.07) is 1.87. The monoisotopic (exact) mass is 223 g/mol. The van der Waals surface area contributed by atoms with Gasteiger partial charge in [-0.25, -0.2) is 0 Å². The Morgan fingerprint density at radius 1 is 1.50 bits per heavy atom. The van der Waals surface area contributed by atoms with Gasteiger partial charge in [-0.3, -0.25) is 4.68 Å². The second-order valence-electron chi connectivity index (χ2n) is 5.03. The van der Waals surface area contributed by atoms with Crippen LogP contribution in [-0.4, -0.2) is 33.1 Å². The average molecular weight is 223 g/mol. The largest absolute Gasteiger partial charge is 0.390 e. The van der Waals surface area contributed by atoms with Crippen LogP contribution < -0.4 is 5.32 Å². The van der Waals surface area contributed by atoms with E-state index >= 15 is 0 Å². The van der Waals surface area contributed by atoms with E-state index in [2.05, 4.69) is 17.3 Å². The molecule has 90 valence electrons. The van der Waals surface area contributed by atoms with Crippen molar-refractivity contribution in [2.75, 3.05) is 6.54 Å². The number of hydrogen-bond donors (Lipinski definition) is 2. The normalized spacial score (nSPS) is 21.1. The van der Waals surface area contributed by atoms with Crippen molar-refractivity contribution >= 4 is 0 Å². The third kappa shape index (κ3) is 3.06. The summed E-state index contributed by atoms with van der Waals surface area (Å²) in [5.41, 5.74) is 0.241. The molecule has 0 aliphatic heterocycles. The summed E-state index contributed by atoms with van der Waals surface area (Å²) in [6.07, 6.45) is 8.30. The van der Waals surface area contributed by atoms with Gasteiger partial charge in [0.15, 0.2) is 0 Å². The topological polar surface area (TPSA) is 50.1 Å². The highest BCUT2D eigenvalue weighted by Gasteiger charge is 2.28. The number of aromatic nitrogens is 2. The molecule has 2 rings (SSSR count). The number of β-amino-alcohol motifs (C(OH)–C–C–N with tert-alkyl or cyclic N) is 1. The van der Waals surface area contributed by atoms with Crippen molar-refractivity contribution in [2.24, 2.45) is 0 Å². The van der Waals surface area contributed by atoms with Crippen molar-refractivity contribution in [2.45, 2.75) is 50.8 Å². The first kappa shape index (κ1) is 11.6. The Bertz CT molecular complexity index is 304. The maximum atomic E-state index is 9.87. The Kier molecular flexibility index (Phi) is 3.61. The molecule has 2 N–H and O–H groups in total. The third-order valence-corrected chi connectivity index (χ3v) is 3.43. The Morgan fingerprint density at radius 3 is 2.88 bits per heavy atom. The highest BCUT2D eigenvalue weighted by molar-refractivity contribution is 4.88. The molecule has 0 radical (unpaired) electrons. The fourth-order valence-corrected chi connectivity index (χ4v) is 2.39. The molecule has 1 aliphatic carbocycles. The van der Waals surface area contributed by atoms with Crippen LogP contribution in [0.1, 0.15) is 32.6 Å². The van der Waals surface area contributed by atoms with Crippen LogP contribution >= 0.6 is 0 Å². The Hall–Kier alpha value is -0.870. The summed E-state index contributed by atoms with van der Waals surface area (Å²) in [4.78, 5) is 0. The van der Waals surface area contributed by atoms with E-state index in [0.717, 1.165) is 0 Å². The van der Waals surface area contributed by atoms with Gasteiger partial charge in [-0.05, 0) is 25.8 Å². The molecule has 16 heavy (non-hydrogen) atoms. The second-order valence-corrected chi connectivity index (χ2v) is 5.03. The van der Waals surface area contributed by atoms with Gasteiger partial charge < -0.3 is 10.4 Å². The van der Waals surface area contributed by atoms with E-state index in [1.165, 1.54) is 25.7 Å². The van der Waals surface area contributed by atoms with Gasteiger partial charge in [0, 0.05) is 24.5 Å². The quantitative estimate of drug-likeness (QED) is 0.787. The molecule has 0 saturated heterocycles. The van der Waals surface area contributed by atoms with Crippen molar-refractivity contribution < 1.29 is 5.11 Å². The van der Waals surface area contributed by atoms with Crippen LogP contribution in [-0.2, 0) is 6.54 Å². The van der Waals surface area contributed by atoms with E-state index in [9.17, 15) is 5.11 Å². The summed E-state index contributed by atoms with van der Waals surface area (Å²) in [5.74, 6) is 0. The van der Waals surface area contributed by atoms with E-state index in [-0.39, 0.29) is 11.6 Å². The number of aliphatic hydroxyl groups is 1. The molecule has 1 aromatic heterocycles. The molecular formula is C12H21N3O. The number of rotatable bonds is 5. The summed E-state index contributed by atoms with van der Waals surface area (Å²) < 4.78 is 1.77. The maximum absolute atomic E-state index is 9.87. The molecule has 4 nitrogen and oxygen atoms in total. The van der Waals surface area contributed by atoms with Crippen LogP contribution in [0.5, 0.6) is 0 Å². The van der Waals surface area contributed by atoms with E-state index in [4.69, 9.17) is 0 Å². The second kappa shape index (κ2) is 4.97. The fourth-order valence-electron chi connectivity index (χ4n) is 2.39. The van der Waals surface area contributed by atoms with Gasteiger partial charge in [-0.15, -0.1) is 0 Å².